The van der Waals surface area contributed by atoms with E-state index in [1.807, 2.05) is 34.2 Å². The van der Waals surface area contributed by atoms with Crippen molar-refractivity contribution in [2.75, 3.05) is 0 Å². The molecule has 3 aromatic heterocycles. The van der Waals surface area contributed by atoms with Gasteiger partial charge < -0.3 is 9.88 Å². The predicted octanol–water partition coefficient (Wildman–Crippen LogP) is 4.01. The highest BCUT2D eigenvalue weighted by atomic mass is 32.1. The molecule has 1 aliphatic rings. The van der Waals surface area contributed by atoms with Crippen molar-refractivity contribution in [2.45, 2.75) is 18.9 Å². The maximum absolute atomic E-state index is 12.9. The Morgan fingerprint density at radius 1 is 1.14 bits per heavy atom. The lowest BCUT2D eigenvalue weighted by Gasteiger charge is -2.13. The molecule has 1 saturated carbocycles. The number of benzene rings is 1. The molecule has 28 heavy (non-hydrogen) atoms. The number of nitrogens with one attached hydrogen (secondary N) is 1. The number of amides is 1. The Kier molecular flexibility index (Phi) is 4.06. The van der Waals surface area contributed by atoms with Gasteiger partial charge in [-0.1, -0.05) is 12.1 Å². The minimum atomic E-state index is -0.319. The molecule has 0 aliphatic heterocycles. The zero-order valence-electron chi connectivity index (χ0n) is 15.0. The van der Waals surface area contributed by atoms with Gasteiger partial charge in [0.1, 0.15) is 11.2 Å². The van der Waals surface area contributed by atoms with E-state index in [2.05, 4.69) is 21.7 Å². The zero-order chi connectivity index (χ0) is 19.1. The summed E-state index contributed by atoms with van der Waals surface area (Å²) in [6.45, 7) is 0. The second-order valence-corrected chi connectivity index (χ2v) is 7.71. The molecular weight excluding hydrogens is 370 g/mol. The second kappa shape index (κ2) is 6.73. The highest BCUT2D eigenvalue weighted by Gasteiger charge is 2.26. The number of carbonyl (C=O) groups excluding carboxylic acids is 1. The van der Waals surface area contributed by atoms with E-state index in [9.17, 15) is 9.59 Å². The topological polar surface area (TPSA) is 64.0 Å². The Labute approximate surface area is 165 Å². The van der Waals surface area contributed by atoms with E-state index < -0.39 is 0 Å². The lowest BCUT2D eigenvalue weighted by Crippen LogP contribution is -2.31. The molecule has 0 unspecified atom stereocenters. The first-order valence-corrected chi connectivity index (χ1v) is 10.1. The average molecular weight is 387 g/mol. The summed E-state index contributed by atoms with van der Waals surface area (Å²) in [6, 6.07) is 13.7. The number of rotatable bonds is 4. The molecule has 5 nitrogen and oxygen atoms in total. The summed E-state index contributed by atoms with van der Waals surface area (Å²) in [5, 5.41) is 7.49. The fraction of sp³-hybridized carbons (Fsp3) is 0.136. The normalized spacial score (nSPS) is 13.6. The van der Waals surface area contributed by atoms with Gasteiger partial charge >= 0.3 is 0 Å². The smallest absolute Gasteiger partial charge is 0.257 e. The number of hydrogen-bond acceptors (Lipinski definition) is 4. The van der Waals surface area contributed by atoms with Gasteiger partial charge in [0, 0.05) is 24.1 Å². The third-order valence-electron chi connectivity index (χ3n) is 4.90. The van der Waals surface area contributed by atoms with E-state index in [-0.39, 0.29) is 22.9 Å². The van der Waals surface area contributed by atoms with E-state index in [1.165, 1.54) is 0 Å². The molecule has 5 rings (SSSR count). The molecule has 1 aliphatic carbocycles. The van der Waals surface area contributed by atoms with Crippen LogP contribution in [0.4, 0.5) is 0 Å². The maximum Gasteiger partial charge on any atom is 0.257 e. The molecule has 1 N–H and O–H groups in total. The third-order valence-corrected chi connectivity index (χ3v) is 5.58. The number of fused-ring (bicyclic) bond motifs is 1. The maximum atomic E-state index is 12.9. The highest BCUT2D eigenvalue weighted by molar-refractivity contribution is 7.08. The number of hydrogen-bond donors (Lipinski definition) is 1. The van der Waals surface area contributed by atoms with Crippen LogP contribution in [0.2, 0.25) is 0 Å². The third kappa shape index (κ3) is 3.01. The summed E-state index contributed by atoms with van der Waals surface area (Å²) in [7, 11) is 0. The van der Waals surface area contributed by atoms with Crippen LogP contribution in [0.25, 0.3) is 27.8 Å². The molecule has 138 valence electrons. The lowest BCUT2D eigenvalue weighted by atomic mass is 10.1. The van der Waals surface area contributed by atoms with E-state index in [0.29, 0.717) is 11.0 Å². The van der Waals surface area contributed by atoms with Crippen LogP contribution >= 0.6 is 11.3 Å². The number of aromatic nitrogens is 2. The van der Waals surface area contributed by atoms with Gasteiger partial charge in [-0.25, -0.2) is 4.98 Å². The van der Waals surface area contributed by atoms with Gasteiger partial charge in [-0.15, -0.1) is 0 Å². The molecule has 3 heterocycles. The predicted molar refractivity (Wildman–Crippen MR) is 111 cm³/mol. The second-order valence-electron chi connectivity index (χ2n) is 6.93. The molecule has 1 fully saturated rings. The van der Waals surface area contributed by atoms with Crippen LogP contribution in [-0.2, 0) is 0 Å². The van der Waals surface area contributed by atoms with Crippen molar-refractivity contribution in [3.05, 3.63) is 81.4 Å². The Morgan fingerprint density at radius 3 is 2.82 bits per heavy atom. The molecular formula is C22H17N3O2S. The van der Waals surface area contributed by atoms with Gasteiger partial charge in [0.05, 0.1) is 5.39 Å². The van der Waals surface area contributed by atoms with Gasteiger partial charge in [0.2, 0.25) is 5.43 Å². The summed E-state index contributed by atoms with van der Waals surface area (Å²) < 4.78 is 1.83. The molecule has 4 aromatic rings. The quantitative estimate of drug-likeness (QED) is 0.576. The van der Waals surface area contributed by atoms with Gasteiger partial charge in [0.25, 0.3) is 5.91 Å². The molecule has 6 heteroatoms. The summed E-state index contributed by atoms with van der Waals surface area (Å²) in [5.41, 5.74) is 3.47. The molecule has 0 atom stereocenters. The standard InChI is InChI=1S/C22H17N3O2S/c26-20-18-5-2-9-23-21(18)25(12-19(20)22(27)24-16-6-7-16)17-4-1-3-14(11-17)15-8-10-28-13-15/h1-5,8-13,16H,6-7H2,(H,24,27). The monoisotopic (exact) mass is 387 g/mol. The molecule has 0 bridgehead atoms. The van der Waals surface area contributed by atoms with Gasteiger partial charge in [0.15, 0.2) is 0 Å². The summed E-state index contributed by atoms with van der Waals surface area (Å²) >= 11 is 1.65. The van der Waals surface area contributed by atoms with Gasteiger partial charge in [-0.2, -0.15) is 11.3 Å². The van der Waals surface area contributed by atoms with Gasteiger partial charge in [-0.05, 0) is 65.1 Å². The Morgan fingerprint density at radius 2 is 2.04 bits per heavy atom. The van der Waals surface area contributed by atoms with Crippen LogP contribution < -0.4 is 10.7 Å². The minimum absolute atomic E-state index is 0.147. The van der Waals surface area contributed by atoms with Gasteiger partial charge in [-0.3, -0.25) is 9.59 Å². The number of pyridine rings is 2. The zero-order valence-corrected chi connectivity index (χ0v) is 15.8. The largest absolute Gasteiger partial charge is 0.349 e. The van der Waals surface area contributed by atoms with Crippen LogP contribution in [0.15, 0.2) is 70.4 Å². The van der Waals surface area contributed by atoms with E-state index in [1.54, 1.807) is 35.9 Å². The van der Waals surface area contributed by atoms with Crippen molar-refractivity contribution >= 4 is 28.3 Å². The minimum Gasteiger partial charge on any atom is -0.349 e. The van der Waals surface area contributed by atoms with Crippen LogP contribution in [0, 0.1) is 0 Å². The van der Waals surface area contributed by atoms with Crippen molar-refractivity contribution in [3.63, 3.8) is 0 Å². The van der Waals surface area contributed by atoms with E-state index in [0.717, 1.165) is 29.7 Å². The SMILES string of the molecule is O=C(NC1CC1)c1cn(-c2cccc(-c3ccsc3)c2)c2ncccc2c1=O. The van der Waals surface area contributed by atoms with E-state index in [4.69, 9.17) is 0 Å². The van der Waals surface area contributed by atoms with Crippen LogP contribution in [0.1, 0.15) is 23.2 Å². The number of carbonyl (C=O) groups is 1. The first kappa shape index (κ1) is 16.9. The number of nitrogens with zero attached hydrogens (tertiary/aromatic N) is 2. The Hall–Kier alpha value is -3.25. The molecule has 0 saturated heterocycles. The fourth-order valence-corrected chi connectivity index (χ4v) is 3.94. The van der Waals surface area contributed by atoms with Crippen molar-refractivity contribution in [1.82, 2.24) is 14.9 Å². The van der Waals surface area contributed by atoms with Crippen molar-refractivity contribution < 1.29 is 4.79 Å². The first-order valence-electron chi connectivity index (χ1n) is 9.15. The fourth-order valence-electron chi connectivity index (χ4n) is 3.27. The molecule has 0 spiro atoms. The Balaban J connectivity index is 1.70. The molecule has 1 aromatic carbocycles. The van der Waals surface area contributed by atoms with Crippen LogP contribution in [-0.4, -0.2) is 21.5 Å². The molecule has 1 amide bonds. The van der Waals surface area contributed by atoms with Crippen molar-refractivity contribution in [2.24, 2.45) is 0 Å². The lowest BCUT2D eigenvalue weighted by molar-refractivity contribution is 0.0949. The van der Waals surface area contributed by atoms with E-state index >= 15 is 0 Å². The summed E-state index contributed by atoms with van der Waals surface area (Å²) in [4.78, 5) is 30.0. The average Bonchev–Trinajstić information content (AvgIpc) is 3.37. The van der Waals surface area contributed by atoms with Crippen molar-refractivity contribution in [3.8, 4) is 16.8 Å². The van der Waals surface area contributed by atoms with Crippen molar-refractivity contribution in [1.29, 1.82) is 0 Å². The molecule has 0 radical (unpaired) electrons. The first-order chi connectivity index (χ1) is 13.7. The number of thiophene rings is 1. The summed E-state index contributed by atoms with van der Waals surface area (Å²) in [5.74, 6) is -0.319. The Bertz CT molecular complexity index is 1240. The van der Waals surface area contributed by atoms with Crippen LogP contribution in [0.5, 0.6) is 0 Å². The summed E-state index contributed by atoms with van der Waals surface area (Å²) in [6.07, 6.45) is 5.21. The highest BCUT2D eigenvalue weighted by Crippen LogP contribution is 2.26. The van der Waals surface area contributed by atoms with Crippen LogP contribution in [0.3, 0.4) is 0 Å².